The summed E-state index contributed by atoms with van der Waals surface area (Å²) in [5.41, 5.74) is 0.0996. The zero-order valence-electron chi connectivity index (χ0n) is 11.1. The molecule has 0 radical (unpaired) electrons. The van der Waals surface area contributed by atoms with Crippen molar-refractivity contribution in [1.29, 1.82) is 0 Å². The molecule has 2 aromatic rings. The number of carbonyl (C=O) groups is 2. The summed E-state index contributed by atoms with van der Waals surface area (Å²) in [6, 6.07) is 3.78. The molecule has 2 amide bonds. The molecule has 4 N–H and O–H groups in total. The lowest BCUT2D eigenvalue weighted by Gasteiger charge is -2.10. The Morgan fingerprint density at radius 2 is 2.24 bits per heavy atom. The van der Waals surface area contributed by atoms with E-state index in [9.17, 15) is 9.59 Å². The molecule has 0 bridgehead atoms. The van der Waals surface area contributed by atoms with Crippen molar-refractivity contribution >= 4 is 17.7 Å². The third kappa shape index (κ3) is 3.69. The number of hydrogen-bond donors (Lipinski definition) is 4. The zero-order valence-corrected chi connectivity index (χ0v) is 11.1. The summed E-state index contributed by atoms with van der Waals surface area (Å²) < 4.78 is 4.95. The van der Waals surface area contributed by atoms with Gasteiger partial charge in [-0.05, 0) is 18.2 Å². The van der Waals surface area contributed by atoms with Crippen molar-refractivity contribution < 1.29 is 19.4 Å². The lowest BCUT2D eigenvalue weighted by atomic mass is 10.1. The second kappa shape index (κ2) is 6.37. The van der Waals surface area contributed by atoms with Gasteiger partial charge in [0.1, 0.15) is 17.9 Å². The van der Waals surface area contributed by atoms with Gasteiger partial charge in [0.2, 0.25) is 0 Å². The third-order valence-electron chi connectivity index (χ3n) is 2.59. The Hall–Kier alpha value is -3.10. The summed E-state index contributed by atoms with van der Waals surface area (Å²) in [6.45, 7) is 0.143. The maximum Gasteiger partial charge on any atom is 0.337 e. The molecule has 1 aromatic carbocycles. The molecule has 0 saturated carbocycles. The van der Waals surface area contributed by atoms with Crippen LogP contribution in [0, 0.1) is 0 Å². The number of H-pyrrole nitrogens is 1. The minimum absolute atomic E-state index is 0.0656. The number of amides is 2. The maximum atomic E-state index is 11.7. The van der Waals surface area contributed by atoms with Crippen molar-refractivity contribution in [3.8, 4) is 5.75 Å². The number of anilines is 1. The fourth-order valence-electron chi connectivity index (χ4n) is 1.58. The number of carboxylic acid groups (broad SMARTS) is 1. The minimum Gasteiger partial charge on any atom is -0.497 e. The molecule has 21 heavy (non-hydrogen) atoms. The van der Waals surface area contributed by atoms with Gasteiger partial charge in [-0.1, -0.05) is 0 Å². The first-order valence-electron chi connectivity index (χ1n) is 5.90. The zero-order chi connectivity index (χ0) is 15.2. The molecular formula is C12H13N5O4. The van der Waals surface area contributed by atoms with Gasteiger partial charge in [0, 0.05) is 0 Å². The van der Waals surface area contributed by atoms with Crippen LogP contribution in [-0.4, -0.2) is 39.4 Å². The number of benzene rings is 1. The van der Waals surface area contributed by atoms with E-state index < -0.39 is 12.0 Å². The Labute approximate surface area is 119 Å². The number of aromatic amines is 1. The van der Waals surface area contributed by atoms with Crippen molar-refractivity contribution in [3.63, 3.8) is 0 Å². The largest absolute Gasteiger partial charge is 0.497 e. The van der Waals surface area contributed by atoms with Gasteiger partial charge in [-0.25, -0.2) is 14.6 Å². The van der Waals surface area contributed by atoms with Gasteiger partial charge in [0.15, 0.2) is 0 Å². The molecule has 9 heteroatoms. The van der Waals surface area contributed by atoms with Crippen molar-refractivity contribution in [1.82, 2.24) is 20.5 Å². The highest BCUT2D eigenvalue weighted by Crippen LogP contribution is 2.22. The van der Waals surface area contributed by atoms with Crippen LogP contribution < -0.4 is 15.4 Å². The van der Waals surface area contributed by atoms with E-state index in [0.717, 1.165) is 0 Å². The molecule has 2 rings (SSSR count). The second-order valence-electron chi connectivity index (χ2n) is 3.96. The van der Waals surface area contributed by atoms with Crippen LogP contribution in [0.15, 0.2) is 24.5 Å². The van der Waals surface area contributed by atoms with Crippen LogP contribution in [0.2, 0.25) is 0 Å². The molecule has 110 valence electrons. The van der Waals surface area contributed by atoms with E-state index in [-0.39, 0.29) is 17.8 Å². The molecule has 0 aliphatic rings. The summed E-state index contributed by atoms with van der Waals surface area (Å²) >= 11 is 0. The number of aromatic carboxylic acids is 1. The summed E-state index contributed by atoms with van der Waals surface area (Å²) in [4.78, 5) is 26.7. The molecule has 0 atom stereocenters. The summed E-state index contributed by atoms with van der Waals surface area (Å²) in [5, 5.41) is 20.3. The molecule has 0 aliphatic heterocycles. The fourth-order valence-corrected chi connectivity index (χ4v) is 1.58. The molecule has 9 nitrogen and oxygen atoms in total. The van der Waals surface area contributed by atoms with Gasteiger partial charge in [-0.15, -0.1) is 0 Å². The van der Waals surface area contributed by atoms with E-state index >= 15 is 0 Å². The number of carboxylic acids is 1. The van der Waals surface area contributed by atoms with E-state index in [1.165, 1.54) is 25.6 Å². The van der Waals surface area contributed by atoms with Crippen molar-refractivity contribution in [2.24, 2.45) is 0 Å². The van der Waals surface area contributed by atoms with Gasteiger partial charge in [0.05, 0.1) is 24.9 Å². The number of aromatic nitrogens is 3. The monoisotopic (exact) mass is 291 g/mol. The Morgan fingerprint density at radius 3 is 2.86 bits per heavy atom. The van der Waals surface area contributed by atoms with Crippen LogP contribution in [0.4, 0.5) is 10.5 Å². The topological polar surface area (TPSA) is 129 Å². The summed E-state index contributed by atoms with van der Waals surface area (Å²) in [5.74, 6) is -0.294. The molecule has 0 unspecified atom stereocenters. The average molecular weight is 291 g/mol. The van der Waals surface area contributed by atoms with E-state index in [1.54, 1.807) is 6.07 Å². The lowest BCUT2D eigenvalue weighted by Crippen LogP contribution is -2.29. The normalized spacial score (nSPS) is 9.95. The van der Waals surface area contributed by atoms with Crippen molar-refractivity contribution in [2.75, 3.05) is 12.4 Å². The second-order valence-corrected chi connectivity index (χ2v) is 3.96. The van der Waals surface area contributed by atoms with Gasteiger partial charge in [0.25, 0.3) is 0 Å². The Morgan fingerprint density at radius 1 is 1.43 bits per heavy atom. The Balaban J connectivity index is 2.04. The van der Waals surface area contributed by atoms with Crippen LogP contribution in [0.3, 0.4) is 0 Å². The highest BCUT2D eigenvalue weighted by Gasteiger charge is 2.13. The molecule has 0 saturated heterocycles. The van der Waals surface area contributed by atoms with Crippen LogP contribution in [0.25, 0.3) is 0 Å². The third-order valence-corrected chi connectivity index (χ3v) is 2.59. The summed E-state index contributed by atoms with van der Waals surface area (Å²) in [6.07, 6.45) is 1.32. The average Bonchev–Trinajstić information content (AvgIpc) is 2.98. The SMILES string of the molecule is COc1ccc(NC(=O)NCc2ncn[nH]2)c(C(=O)O)c1. The van der Waals surface area contributed by atoms with E-state index in [2.05, 4.69) is 25.8 Å². The smallest absolute Gasteiger partial charge is 0.337 e. The highest BCUT2D eigenvalue weighted by atomic mass is 16.5. The van der Waals surface area contributed by atoms with Gasteiger partial charge >= 0.3 is 12.0 Å². The number of ether oxygens (including phenoxy) is 1. The maximum absolute atomic E-state index is 11.7. The van der Waals surface area contributed by atoms with Crippen LogP contribution in [-0.2, 0) is 6.54 Å². The van der Waals surface area contributed by atoms with Gasteiger partial charge in [-0.2, -0.15) is 5.10 Å². The number of urea groups is 1. The quantitative estimate of drug-likeness (QED) is 0.645. The number of methoxy groups -OCH3 is 1. The molecule has 1 aromatic heterocycles. The van der Waals surface area contributed by atoms with Gasteiger partial charge < -0.3 is 20.5 Å². The summed E-state index contributed by atoms with van der Waals surface area (Å²) in [7, 11) is 1.43. The lowest BCUT2D eigenvalue weighted by molar-refractivity contribution is 0.0697. The van der Waals surface area contributed by atoms with Crippen molar-refractivity contribution in [2.45, 2.75) is 6.54 Å². The van der Waals surface area contributed by atoms with Crippen LogP contribution in [0.5, 0.6) is 5.75 Å². The molecule has 0 spiro atoms. The Bertz CT molecular complexity index is 641. The van der Waals surface area contributed by atoms with Gasteiger partial charge in [-0.3, -0.25) is 5.10 Å². The first-order chi connectivity index (χ1) is 10.1. The van der Waals surface area contributed by atoms with Crippen LogP contribution in [0.1, 0.15) is 16.2 Å². The first-order valence-corrected chi connectivity index (χ1v) is 5.90. The Kier molecular flexibility index (Phi) is 4.34. The van der Waals surface area contributed by atoms with E-state index in [4.69, 9.17) is 9.84 Å². The highest BCUT2D eigenvalue weighted by molar-refractivity contribution is 6.00. The van der Waals surface area contributed by atoms with Crippen LogP contribution >= 0.6 is 0 Å². The molecule has 1 heterocycles. The number of hydrogen-bond acceptors (Lipinski definition) is 5. The molecular weight excluding hydrogens is 278 g/mol. The first kappa shape index (κ1) is 14.3. The molecule has 0 fully saturated rings. The van der Waals surface area contributed by atoms with Crippen molar-refractivity contribution in [3.05, 3.63) is 35.9 Å². The van der Waals surface area contributed by atoms with E-state index in [1.807, 2.05) is 0 Å². The number of rotatable bonds is 5. The number of carbonyl (C=O) groups excluding carboxylic acids is 1. The molecule has 0 aliphatic carbocycles. The predicted octanol–water partition coefficient (Wildman–Crippen LogP) is 0.833. The fraction of sp³-hybridized carbons (Fsp3) is 0.167. The number of nitrogens with one attached hydrogen (secondary N) is 3. The number of nitrogens with zero attached hydrogens (tertiary/aromatic N) is 2. The predicted molar refractivity (Wildman–Crippen MR) is 72.2 cm³/mol. The standard InChI is InChI=1S/C12H13N5O4/c1-21-7-2-3-9(8(4-7)11(18)19)16-12(20)13-5-10-14-6-15-17-10/h2-4,6H,5H2,1H3,(H,18,19)(H2,13,16,20)(H,14,15,17). The van der Waals surface area contributed by atoms with E-state index in [0.29, 0.717) is 11.6 Å². The minimum atomic E-state index is -1.17.